The monoisotopic (exact) mass is 721 g/mol. The average molecular weight is 722 g/mol. The molecule has 0 aliphatic rings. The van der Waals surface area contributed by atoms with E-state index < -0.39 is 6.85 Å². The van der Waals surface area contributed by atoms with E-state index in [4.69, 9.17) is 4.11 Å². The molecular formula is C34H27N4PtS-. The van der Waals surface area contributed by atoms with Crippen LogP contribution >= 0.6 is 11.8 Å². The number of fused-ring (bicyclic) bond motifs is 4. The summed E-state index contributed by atoms with van der Waals surface area (Å²) in [6, 6.07) is 37.6. The number of hydrogen-bond donors (Lipinski definition) is 0. The van der Waals surface area contributed by atoms with E-state index >= 15 is 0 Å². The number of aryl methyl sites for hydroxylation is 1. The quantitative estimate of drug-likeness (QED) is 0.166. The van der Waals surface area contributed by atoms with E-state index in [1.54, 1.807) is 30.1 Å². The van der Waals surface area contributed by atoms with Crippen molar-refractivity contribution in [3.63, 3.8) is 0 Å². The fraction of sp³-hybridized carbons (Fsp3) is 0.118. The van der Waals surface area contributed by atoms with Crippen LogP contribution < -0.4 is 0 Å². The number of pyridine rings is 1. The summed E-state index contributed by atoms with van der Waals surface area (Å²) in [4.78, 5) is 6.48. The fourth-order valence-electron chi connectivity index (χ4n) is 5.21. The molecule has 0 unspecified atom stereocenters. The number of hydrogen-bond acceptors (Lipinski definition) is 2. The zero-order valence-electron chi connectivity index (χ0n) is 24.9. The Labute approximate surface area is 256 Å². The maximum absolute atomic E-state index is 7.90. The SMILES string of the molecule is [2H]C([2H])([2H])c1ccnc(-n2c3[c-]c(Sc4[c-]c(-n5[cH+]n(C(C)C)c6ccccc65)ccc4)ccc3c3ccccc32)c1.[Pt]. The van der Waals surface area contributed by atoms with Gasteiger partial charge in [-0.3, -0.25) is 0 Å². The van der Waals surface area contributed by atoms with Gasteiger partial charge in [-0.1, -0.05) is 34.7 Å². The Morgan fingerprint density at radius 1 is 0.825 bits per heavy atom. The minimum absolute atomic E-state index is 0. The van der Waals surface area contributed by atoms with Crippen LogP contribution in [0.4, 0.5) is 0 Å². The Balaban J connectivity index is 0.00000329. The molecule has 7 rings (SSSR count). The Morgan fingerprint density at radius 2 is 1.60 bits per heavy atom. The van der Waals surface area contributed by atoms with Gasteiger partial charge in [0.1, 0.15) is 5.82 Å². The predicted molar refractivity (Wildman–Crippen MR) is 161 cm³/mol. The van der Waals surface area contributed by atoms with Gasteiger partial charge in [0.05, 0.1) is 6.04 Å². The molecule has 0 radical (unpaired) electrons. The summed E-state index contributed by atoms with van der Waals surface area (Å²) in [5, 5.41) is 2.10. The van der Waals surface area contributed by atoms with E-state index in [2.05, 4.69) is 107 Å². The first-order valence-electron chi connectivity index (χ1n) is 14.4. The molecule has 7 aromatic rings. The predicted octanol–water partition coefficient (Wildman–Crippen LogP) is 8.84. The summed E-state index contributed by atoms with van der Waals surface area (Å²) in [5.41, 5.74) is 5.34. The molecule has 0 bridgehead atoms. The molecule has 0 saturated carbocycles. The largest absolute Gasteiger partial charge is 0.319 e. The Morgan fingerprint density at radius 3 is 2.42 bits per heavy atom. The van der Waals surface area contributed by atoms with Gasteiger partial charge in [0.15, 0.2) is 17.4 Å². The van der Waals surface area contributed by atoms with Gasteiger partial charge in [-0.25, -0.2) is 14.1 Å². The van der Waals surface area contributed by atoms with Crippen molar-refractivity contribution >= 4 is 44.6 Å². The number of benzene rings is 4. The van der Waals surface area contributed by atoms with Gasteiger partial charge in [-0.15, -0.1) is 34.2 Å². The second-order valence-corrected chi connectivity index (χ2v) is 10.9. The molecule has 3 heterocycles. The summed E-state index contributed by atoms with van der Waals surface area (Å²) in [6.45, 7) is 2.15. The zero-order chi connectivity index (χ0) is 29.0. The Bertz CT molecular complexity index is 2110. The molecule has 6 heteroatoms. The van der Waals surface area contributed by atoms with Crippen molar-refractivity contribution in [2.45, 2.75) is 36.5 Å². The van der Waals surface area contributed by atoms with E-state index in [0.29, 0.717) is 11.9 Å². The third-order valence-electron chi connectivity index (χ3n) is 6.98. The number of imidazole rings is 1. The number of rotatable bonds is 5. The van der Waals surface area contributed by atoms with E-state index in [1.165, 1.54) is 5.52 Å². The van der Waals surface area contributed by atoms with E-state index in [0.717, 1.165) is 42.8 Å². The molecule has 0 fully saturated rings. The molecule has 4 nitrogen and oxygen atoms in total. The van der Waals surface area contributed by atoms with E-state index in [-0.39, 0.29) is 26.6 Å². The van der Waals surface area contributed by atoms with Crippen molar-refractivity contribution in [3.8, 4) is 11.5 Å². The van der Waals surface area contributed by atoms with Gasteiger partial charge in [-0.05, 0) is 62.0 Å². The third kappa shape index (κ3) is 4.57. The molecule has 0 atom stereocenters. The molecule has 40 heavy (non-hydrogen) atoms. The van der Waals surface area contributed by atoms with E-state index in [9.17, 15) is 0 Å². The van der Waals surface area contributed by atoms with Crippen LogP contribution in [0.3, 0.4) is 0 Å². The van der Waals surface area contributed by atoms with Crippen LogP contribution in [-0.4, -0.2) is 18.7 Å². The van der Waals surface area contributed by atoms with Crippen molar-refractivity contribution in [2.24, 2.45) is 0 Å². The normalized spacial score (nSPS) is 12.9. The maximum atomic E-state index is 7.90. The average Bonchev–Trinajstić information content (AvgIpc) is 3.53. The summed E-state index contributed by atoms with van der Waals surface area (Å²) >= 11 is 1.60. The second kappa shape index (κ2) is 10.7. The molecular weight excluding hydrogens is 692 g/mol. The third-order valence-corrected chi connectivity index (χ3v) is 7.90. The van der Waals surface area contributed by atoms with Crippen LogP contribution in [0.1, 0.15) is 29.6 Å². The molecule has 0 spiro atoms. The first-order chi connectivity index (χ1) is 20.3. The van der Waals surface area contributed by atoms with Gasteiger partial charge in [0.2, 0.25) is 0 Å². The number of nitrogens with zero attached hydrogens (tertiary/aromatic N) is 4. The summed E-state index contributed by atoms with van der Waals surface area (Å²) in [6.07, 6.45) is 3.71. The first-order valence-corrected chi connectivity index (χ1v) is 13.7. The van der Waals surface area contributed by atoms with E-state index in [1.807, 2.05) is 22.8 Å². The van der Waals surface area contributed by atoms with Crippen molar-refractivity contribution in [1.29, 1.82) is 0 Å². The van der Waals surface area contributed by atoms with Gasteiger partial charge >= 0.3 is 0 Å². The molecule has 0 saturated heterocycles. The molecule has 4 aromatic carbocycles. The topological polar surface area (TPSA) is 27.7 Å². The summed E-state index contributed by atoms with van der Waals surface area (Å²) < 4.78 is 30.2. The van der Waals surface area contributed by atoms with Gasteiger partial charge in [-0.2, -0.15) is 24.3 Å². The molecule has 200 valence electrons. The van der Waals surface area contributed by atoms with Gasteiger partial charge in [0, 0.05) is 54.7 Å². The van der Waals surface area contributed by atoms with Crippen molar-refractivity contribution in [1.82, 2.24) is 18.7 Å². The standard InChI is InChI=1S/C34H27N4S.Pt/c1-23(2)36-22-37(32-14-7-6-13-31(32)36)25-9-8-10-26(20-25)39-27-15-16-29-28-11-4-5-12-30(28)38(33(29)21-27)34-19-24(3)17-18-35-34;/h4-19,22-23H,1-3H3;/q-1;/i3D3;. The van der Waals surface area contributed by atoms with Gasteiger partial charge in [0.25, 0.3) is 0 Å². The second-order valence-electron chi connectivity index (χ2n) is 9.82. The smallest absolute Gasteiger partial charge is 0.188 e. The molecule has 3 aromatic heterocycles. The molecule has 0 amide bonds. The molecule has 0 aliphatic heterocycles. The van der Waals surface area contributed by atoms with Crippen LogP contribution in [-0.2, 0) is 21.1 Å². The molecule has 0 aliphatic carbocycles. The van der Waals surface area contributed by atoms with Gasteiger partial charge < -0.3 is 4.57 Å². The Kier molecular flexibility index (Phi) is 6.19. The van der Waals surface area contributed by atoms with Crippen molar-refractivity contribution in [3.05, 3.63) is 121 Å². The zero-order valence-corrected chi connectivity index (χ0v) is 25.0. The summed E-state index contributed by atoms with van der Waals surface area (Å²) in [7, 11) is 0. The van der Waals surface area contributed by atoms with Crippen LogP contribution in [0.2, 0.25) is 0 Å². The molecule has 0 N–H and O–H groups in total. The maximum Gasteiger partial charge on any atom is 0.188 e. The Hall–Kier alpha value is -3.66. The van der Waals surface area contributed by atoms with Crippen LogP contribution in [0.15, 0.2) is 113 Å². The number of para-hydroxylation sites is 3. The first kappa shape index (κ1) is 23.1. The van der Waals surface area contributed by atoms with Crippen LogP contribution in [0.5, 0.6) is 0 Å². The summed E-state index contributed by atoms with van der Waals surface area (Å²) in [5.74, 6) is 0.555. The van der Waals surface area contributed by atoms with Crippen molar-refractivity contribution in [2.75, 3.05) is 0 Å². The van der Waals surface area contributed by atoms with Crippen LogP contribution in [0, 0.1) is 19.0 Å². The minimum atomic E-state index is -2.22. The minimum Gasteiger partial charge on any atom is -0.319 e. The van der Waals surface area contributed by atoms with Crippen molar-refractivity contribution < 1.29 is 25.2 Å². The van der Waals surface area contributed by atoms with Crippen LogP contribution in [0.25, 0.3) is 44.3 Å². The number of aromatic nitrogens is 4. The fourth-order valence-corrected chi connectivity index (χ4v) is 6.03.